The molecule has 1 nitrogen and oxygen atoms in total. The smallest absolute Gasteiger partial charge is 0.0153 e. The minimum atomic E-state index is 0.612. The highest BCUT2D eigenvalue weighted by atomic mass is 79.9. The Bertz CT molecular complexity index is 220. The molecule has 0 aliphatic heterocycles. The fraction of sp³-hybridized carbons (Fsp3) is 0.556. The fourth-order valence-corrected chi connectivity index (χ4v) is 1.83. The van der Waals surface area contributed by atoms with Gasteiger partial charge in [0.25, 0.3) is 0 Å². The summed E-state index contributed by atoms with van der Waals surface area (Å²) in [5.74, 6) is 0.612. The summed E-state index contributed by atoms with van der Waals surface area (Å²) >= 11 is 3.49. The molecule has 0 bridgehead atoms. The molecule has 1 unspecified atom stereocenters. The van der Waals surface area contributed by atoms with E-state index in [1.54, 1.807) is 0 Å². The summed E-state index contributed by atoms with van der Waals surface area (Å²) in [6.07, 6.45) is 2.07. The monoisotopic (exact) mass is 215 g/mol. The van der Waals surface area contributed by atoms with Crippen LogP contribution < -0.4 is 0 Å². The molecule has 1 N–H and O–H groups in total. The lowest BCUT2D eigenvalue weighted by Crippen LogP contribution is -1.96. The van der Waals surface area contributed by atoms with Gasteiger partial charge in [-0.2, -0.15) is 0 Å². The molecule has 0 saturated heterocycles. The predicted molar refractivity (Wildman–Crippen MR) is 52.5 cm³/mol. The molecule has 11 heavy (non-hydrogen) atoms. The number of nitrogens with one attached hydrogen (secondary N) is 1. The van der Waals surface area contributed by atoms with Crippen molar-refractivity contribution >= 4 is 15.9 Å². The topological polar surface area (TPSA) is 15.8 Å². The Hall–Kier alpha value is -0.240. The highest BCUT2D eigenvalue weighted by molar-refractivity contribution is 9.09. The van der Waals surface area contributed by atoms with E-state index in [1.807, 2.05) is 0 Å². The van der Waals surface area contributed by atoms with Crippen molar-refractivity contribution in [2.75, 3.05) is 5.33 Å². The van der Waals surface area contributed by atoms with Crippen molar-refractivity contribution in [3.63, 3.8) is 0 Å². The maximum atomic E-state index is 3.49. The number of H-pyrrole nitrogens is 1. The predicted octanol–water partition coefficient (Wildman–Crippen LogP) is 3.13. The van der Waals surface area contributed by atoms with Crippen LogP contribution in [0.25, 0.3) is 0 Å². The van der Waals surface area contributed by atoms with E-state index in [4.69, 9.17) is 0 Å². The van der Waals surface area contributed by atoms with Gasteiger partial charge in [0.2, 0.25) is 0 Å². The van der Waals surface area contributed by atoms with Crippen molar-refractivity contribution in [1.29, 1.82) is 0 Å². The van der Waals surface area contributed by atoms with Crippen molar-refractivity contribution in [1.82, 2.24) is 4.98 Å². The van der Waals surface area contributed by atoms with E-state index in [2.05, 4.69) is 47.9 Å². The molecular weight excluding hydrogens is 202 g/mol. The summed E-state index contributed by atoms with van der Waals surface area (Å²) in [6, 6.07) is 0. The first-order valence-electron chi connectivity index (χ1n) is 3.87. The van der Waals surface area contributed by atoms with Gasteiger partial charge in [-0.05, 0) is 30.9 Å². The summed E-state index contributed by atoms with van der Waals surface area (Å²) < 4.78 is 0. The Morgan fingerprint density at radius 1 is 1.55 bits per heavy atom. The molecular formula is C9H14BrN. The van der Waals surface area contributed by atoms with Gasteiger partial charge in [0.05, 0.1) is 0 Å². The summed E-state index contributed by atoms with van der Waals surface area (Å²) in [5.41, 5.74) is 4.13. The first-order chi connectivity index (χ1) is 5.16. The normalized spacial score (nSPS) is 13.5. The summed E-state index contributed by atoms with van der Waals surface area (Å²) in [7, 11) is 0. The van der Waals surface area contributed by atoms with E-state index in [9.17, 15) is 0 Å². The van der Waals surface area contributed by atoms with Crippen LogP contribution in [0.3, 0.4) is 0 Å². The number of halogens is 1. The fourth-order valence-electron chi connectivity index (χ4n) is 1.50. The number of aryl methyl sites for hydroxylation is 2. The molecule has 0 saturated carbocycles. The first-order valence-corrected chi connectivity index (χ1v) is 4.99. The summed E-state index contributed by atoms with van der Waals surface area (Å²) in [4.78, 5) is 3.23. The quantitative estimate of drug-likeness (QED) is 0.731. The van der Waals surface area contributed by atoms with Crippen LogP contribution in [-0.2, 0) is 0 Å². The van der Waals surface area contributed by atoms with Gasteiger partial charge >= 0.3 is 0 Å². The lowest BCUT2D eigenvalue weighted by Gasteiger charge is -2.08. The number of hydrogen-bond donors (Lipinski definition) is 1. The average molecular weight is 216 g/mol. The van der Waals surface area contributed by atoms with E-state index in [1.165, 1.54) is 16.8 Å². The second kappa shape index (κ2) is 3.44. The van der Waals surface area contributed by atoms with Gasteiger partial charge in [0.15, 0.2) is 0 Å². The lowest BCUT2D eigenvalue weighted by molar-refractivity contribution is 0.869. The highest BCUT2D eigenvalue weighted by Crippen LogP contribution is 2.23. The minimum absolute atomic E-state index is 0.612. The van der Waals surface area contributed by atoms with E-state index < -0.39 is 0 Å². The van der Waals surface area contributed by atoms with Crippen LogP contribution in [0.2, 0.25) is 0 Å². The molecule has 1 aromatic heterocycles. The zero-order valence-electron chi connectivity index (χ0n) is 7.24. The van der Waals surface area contributed by atoms with E-state index in [0.29, 0.717) is 5.92 Å². The van der Waals surface area contributed by atoms with Crippen molar-refractivity contribution in [3.8, 4) is 0 Å². The lowest BCUT2D eigenvalue weighted by atomic mass is 10.0. The zero-order valence-corrected chi connectivity index (χ0v) is 8.83. The van der Waals surface area contributed by atoms with Crippen LogP contribution in [0.5, 0.6) is 0 Å². The van der Waals surface area contributed by atoms with Crippen molar-refractivity contribution in [3.05, 3.63) is 23.0 Å². The molecule has 1 atom stereocenters. The third kappa shape index (κ3) is 1.67. The van der Waals surface area contributed by atoms with Crippen LogP contribution >= 0.6 is 15.9 Å². The molecule has 0 radical (unpaired) electrons. The van der Waals surface area contributed by atoms with Gasteiger partial charge in [-0.1, -0.05) is 22.9 Å². The Morgan fingerprint density at radius 3 is 2.55 bits per heavy atom. The van der Waals surface area contributed by atoms with Crippen molar-refractivity contribution < 1.29 is 0 Å². The van der Waals surface area contributed by atoms with E-state index >= 15 is 0 Å². The van der Waals surface area contributed by atoms with Gasteiger partial charge in [-0.3, -0.25) is 0 Å². The second-order valence-corrected chi connectivity index (χ2v) is 3.71. The summed E-state index contributed by atoms with van der Waals surface area (Å²) in [5, 5.41) is 1.03. The molecule has 0 fully saturated rings. The molecule has 0 aliphatic carbocycles. The number of alkyl halides is 1. The third-order valence-corrected chi connectivity index (χ3v) is 3.03. The van der Waals surface area contributed by atoms with Gasteiger partial charge in [0.1, 0.15) is 0 Å². The van der Waals surface area contributed by atoms with Gasteiger partial charge in [-0.15, -0.1) is 0 Å². The average Bonchev–Trinajstić information content (AvgIpc) is 2.30. The molecule has 0 amide bonds. The zero-order chi connectivity index (χ0) is 8.43. The number of rotatable bonds is 2. The molecule has 0 aromatic carbocycles. The number of aromatic nitrogens is 1. The van der Waals surface area contributed by atoms with Crippen LogP contribution in [0.15, 0.2) is 6.20 Å². The highest BCUT2D eigenvalue weighted by Gasteiger charge is 2.10. The largest absolute Gasteiger partial charge is 0.365 e. The third-order valence-electron chi connectivity index (χ3n) is 2.06. The van der Waals surface area contributed by atoms with Crippen LogP contribution in [0.4, 0.5) is 0 Å². The molecule has 1 rings (SSSR count). The Morgan fingerprint density at radius 2 is 2.18 bits per heavy atom. The molecule has 62 valence electrons. The minimum Gasteiger partial charge on any atom is -0.365 e. The van der Waals surface area contributed by atoms with Crippen LogP contribution in [0, 0.1) is 13.8 Å². The first kappa shape index (κ1) is 8.85. The number of aromatic amines is 1. The number of hydrogen-bond acceptors (Lipinski definition) is 0. The standard InChI is InChI=1S/C9H14BrN/c1-6(4-10)9-7(2)5-11-8(9)3/h5-6,11H,4H2,1-3H3. The molecule has 0 aliphatic rings. The van der Waals surface area contributed by atoms with E-state index in [-0.39, 0.29) is 0 Å². The SMILES string of the molecule is Cc1c[nH]c(C)c1C(C)CBr. The maximum Gasteiger partial charge on any atom is 0.0153 e. The molecule has 0 spiro atoms. The Balaban J connectivity index is 3.00. The molecule has 1 heterocycles. The summed E-state index contributed by atoms with van der Waals surface area (Å²) in [6.45, 7) is 6.51. The van der Waals surface area contributed by atoms with Crippen LogP contribution in [0.1, 0.15) is 29.7 Å². The van der Waals surface area contributed by atoms with Gasteiger partial charge in [-0.25, -0.2) is 0 Å². The Kier molecular flexibility index (Phi) is 2.77. The van der Waals surface area contributed by atoms with Crippen LogP contribution in [-0.4, -0.2) is 10.3 Å². The van der Waals surface area contributed by atoms with Gasteiger partial charge < -0.3 is 4.98 Å². The Labute approximate surface area is 76.3 Å². The van der Waals surface area contributed by atoms with Crippen molar-refractivity contribution in [2.24, 2.45) is 0 Å². The molecule has 1 aromatic rings. The van der Waals surface area contributed by atoms with E-state index in [0.717, 1.165) is 5.33 Å². The second-order valence-electron chi connectivity index (χ2n) is 3.07. The molecule has 2 heteroatoms. The van der Waals surface area contributed by atoms with Gasteiger partial charge in [0, 0.05) is 17.2 Å². The van der Waals surface area contributed by atoms with Crippen molar-refractivity contribution in [2.45, 2.75) is 26.7 Å². The maximum absolute atomic E-state index is 3.49.